The summed E-state index contributed by atoms with van der Waals surface area (Å²) in [6.45, 7) is 1.97. The lowest BCUT2D eigenvalue weighted by atomic mass is 9.80. The summed E-state index contributed by atoms with van der Waals surface area (Å²) in [5.41, 5.74) is 2.14. The number of carbonyl (C=O) groups is 1. The molecule has 15 heavy (non-hydrogen) atoms. The number of Topliss-reactive ketones (excluding diaryl/α,β-unsaturated/α-hetero) is 1. The van der Waals surface area contributed by atoms with Gasteiger partial charge in [0.1, 0.15) is 5.78 Å². The van der Waals surface area contributed by atoms with Crippen LogP contribution < -0.4 is 0 Å². The van der Waals surface area contributed by atoms with Crippen LogP contribution in [0.2, 0.25) is 5.02 Å². The molecule has 2 heteroatoms. The predicted molar refractivity (Wildman–Crippen MR) is 62.2 cm³/mol. The zero-order valence-electron chi connectivity index (χ0n) is 8.92. The molecule has 1 aliphatic carbocycles. The van der Waals surface area contributed by atoms with Crippen molar-refractivity contribution < 1.29 is 4.79 Å². The second-order valence-electron chi connectivity index (χ2n) is 4.35. The first kappa shape index (κ1) is 10.7. The zero-order chi connectivity index (χ0) is 10.8. The third-order valence-corrected chi connectivity index (χ3v) is 3.59. The number of rotatable bonds is 3. The first-order valence-corrected chi connectivity index (χ1v) is 5.82. The third-order valence-electron chi connectivity index (χ3n) is 3.16. The van der Waals surface area contributed by atoms with Gasteiger partial charge < -0.3 is 0 Å². The Morgan fingerprint density at radius 3 is 2.73 bits per heavy atom. The van der Waals surface area contributed by atoms with Crippen LogP contribution in [0.1, 0.15) is 30.4 Å². The molecule has 0 aromatic heterocycles. The lowest BCUT2D eigenvalue weighted by molar-refractivity contribution is -0.124. The summed E-state index contributed by atoms with van der Waals surface area (Å²) in [5.74, 6) is 0.726. The maximum Gasteiger partial charge on any atom is 0.140 e. The molecule has 1 aromatic carbocycles. The fourth-order valence-electron chi connectivity index (χ4n) is 1.89. The van der Waals surface area contributed by atoms with Gasteiger partial charge in [-0.25, -0.2) is 0 Å². The van der Waals surface area contributed by atoms with Gasteiger partial charge in [0, 0.05) is 17.4 Å². The Balaban J connectivity index is 2.03. The molecule has 0 aliphatic heterocycles. The number of aryl methyl sites for hydroxylation is 1. The Morgan fingerprint density at radius 1 is 1.47 bits per heavy atom. The van der Waals surface area contributed by atoms with Crippen molar-refractivity contribution in [3.63, 3.8) is 0 Å². The number of halogens is 1. The van der Waals surface area contributed by atoms with E-state index < -0.39 is 0 Å². The molecule has 0 amide bonds. The molecule has 0 spiro atoms. The van der Waals surface area contributed by atoms with E-state index in [1.807, 2.05) is 25.1 Å². The molecule has 1 aromatic rings. The van der Waals surface area contributed by atoms with Crippen LogP contribution in [-0.2, 0) is 11.2 Å². The van der Waals surface area contributed by atoms with Gasteiger partial charge in [0.2, 0.25) is 0 Å². The fraction of sp³-hybridized carbons (Fsp3) is 0.462. The van der Waals surface area contributed by atoms with Crippen molar-refractivity contribution in [3.8, 4) is 0 Å². The summed E-state index contributed by atoms with van der Waals surface area (Å²) >= 11 is 5.93. The molecule has 1 fully saturated rings. The van der Waals surface area contributed by atoms with Gasteiger partial charge in [-0.3, -0.25) is 4.79 Å². The molecule has 0 heterocycles. The van der Waals surface area contributed by atoms with E-state index in [2.05, 4.69) is 0 Å². The van der Waals surface area contributed by atoms with Crippen LogP contribution in [0.25, 0.3) is 0 Å². The Hall–Kier alpha value is -0.820. The quantitative estimate of drug-likeness (QED) is 0.764. The summed E-state index contributed by atoms with van der Waals surface area (Å²) in [4.78, 5) is 11.8. The Kier molecular flexibility index (Phi) is 3.11. The van der Waals surface area contributed by atoms with Crippen molar-refractivity contribution in [2.75, 3.05) is 0 Å². The normalized spacial score (nSPS) is 16.1. The van der Waals surface area contributed by atoms with Gasteiger partial charge in [-0.2, -0.15) is 0 Å². The number of carbonyl (C=O) groups excluding carboxylic acids is 1. The molecule has 0 atom stereocenters. The average molecular weight is 223 g/mol. The molecule has 0 N–H and O–H groups in total. The van der Waals surface area contributed by atoms with Crippen LogP contribution in [0.5, 0.6) is 0 Å². The third kappa shape index (κ3) is 2.40. The summed E-state index contributed by atoms with van der Waals surface area (Å²) < 4.78 is 0. The number of benzene rings is 1. The van der Waals surface area contributed by atoms with Crippen LogP contribution in [-0.4, -0.2) is 5.78 Å². The monoisotopic (exact) mass is 222 g/mol. The van der Waals surface area contributed by atoms with E-state index in [9.17, 15) is 4.79 Å². The first-order valence-electron chi connectivity index (χ1n) is 5.44. The standard InChI is InChI=1S/C13H15ClO/c1-9-7-10(5-6-12(9)14)8-13(15)11-3-2-4-11/h5-7,11H,2-4,8H2,1H3. The average Bonchev–Trinajstić information content (AvgIpc) is 2.08. The van der Waals surface area contributed by atoms with Gasteiger partial charge in [-0.05, 0) is 37.0 Å². The van der Waals surface area contributed by atoms with E-state index in [4.69, 9.17) is 11.6 Å². The molecular formula is C13H15ClO. The number of hydrogen-bond donors (Lipinski definition) is 0. The number of ketones is 1. The highest BCUT2D eigenvalue weighted by Gasteiger charge is 2.24. The van der Waals surface area contributed by atoms with E-state index in [1.54, 1.807) is 0 Å². The van der Waals surface area contributed by atoms with Crippen LogP contribution in [0.15, 0.2) is 18.2 Å². The predicted octanol–water partition coefficient (Wildman–Crippen LogP) is 3.56. The fourth-order valence-corrected chi connectivity index (χ4v) is 2.01. The second-order valence-corrected chi connectivity index (χ2v) is 4.76. The molecule has 80 valence electrons. The highest BCUT2D eigenvalue weighted by Crippen LogP contribution is 2.28. The highest BCUT2D eigenvalue weighted by molar-refractivity contribution is 6.31. The molecule has 0 saturated heterocycles. The molecule has 1 nitrogen and oxygen atoms in total. The molecule has 2 rings (SSSR count). The van der Waals surface area contributed by atoms with Gasteiger partial charge in [0.05, 0.1) is 0 Å². The minimum atomic E-state index is 0.334. The molecular weight excluding hydrogens is 208 g/mol. The minimum absolute atomic E-state index is 0.334. The van der Waals surface area contributed by atoms with Gasteiger partial charge in [-0.1, -0.05) is 30.2 Å². The van der Waals surface area contributed by atoms with Crippen molar-refractivity contribution in [2.45, 2.75) is 32.6 Å². The van der Waals surface area contributed by atoms with Crippen LogP contribution in [0.3, 0.4) is 0 Å². The van der Waals surface area contributed by atoms with Crippen LogP contribution in [0, 0.1) is 12.8 Å². The van der Waals surface area contributed by atoms with E-state index >= 15 is 0 Å². The number of hydrogen-bond acceptors (Lipinski definition) is 1. The van der Waals surface area contributed by atoms with Gasteiger partial charge in [0.15, 0.2) is 0 Å². The minimum Gasteiger partial charge on any atom is -0.299 e. The van der Waals surface area contributed by atoms with Crippen molar-refractivity contribution in [2.24, 2.45) is 5.92 Å². The smallest absolute Gasteiger partial charge is 0.140 e. The zero-order valence-corrected chi connectivity index (χ0v) is 9.68. The molecule has 1 aliphatic rings. The van der Waals surface area contributed by atoms with E-state index in [0.717, 1.165) is 29.0 Å². The summed E-state index contributed by atoms with van der Waals surface area (Å²) in [7, 11) is 0. The maximum absolute atomic E-state index is 11.8. The molecule has 0 unspecified atom stereocenters. The Morgan fingerprint density at radius 2 is 2.20 bits per heavy atom. The van der Waals surface area contributed by atoms with Crippen molar-refractivity contribution in [1.82, 2.24) is 0 Å². The van der Waals surface area contributed by atoms with Gasteiger partial charge >= 0.3 is 0 Å². The Labute approximate surface area is 95.4 Å². The molecule has 0 radical (unpaired) electrons. The second kappa shape index (κ2) is 4.36. The molecule has 1 saturated carbocycles. The largest absolute Gasteiger partial charge is 0.299 e. The van der Waals surface area contributed by atoms with E-state index in [0.29, 0.717) is 18.1 Å². The highest BCUT2D eigenvalue weighted by atomic mass is 35.5. The van der Waals surface area contributed by atoms with Crippen molar-refractivity contribution in [3.05, 3.63) is 34.3 Å². The topological polar surface area (TPSA) is 17.1 Å². The van der Waals surface area contributed by atoms with Crippen molar-refractivity contribution in [1.29, 1.82) is 0 Å². The van der Waals surface area contributed by atoms with Gasteiger partial charge in [-0.15, -0.1) is 0 Å². The van der Waals surface area contributed by atoms with Crippen LogP contribution >= 0.6 is 11.6 Å². The van der Waals surface area contributed by atoms with Crippen LogP contribution in [0.4, 0.5) is 0 Å². The van der Waals surface area contributed by atoms with E-state index in [-0.39, 0.29) is 0 Å². The lowest BCUT2D eigenvalue weighted by Crippen LogP contribution is -2.23. The first-order chi connectivity index (χ1) is 7.16. The van der Waals surface area contributed by atoms with E-state index in [1.165, 1.54) is 6.42 Å². The Bertz CT molecular complexity index is 380. The summed E-state index contributed by atoms with van der Waals surface area (Å²) in [6.07, 6.45) is 3.97. The lowest BCUT2D eigenvalue weighted by Gasteiger charge is -2.23. The summed E-state index contributed by atoms with van der Waals surface area (Å²) in [5, 5.41) is 0.773. The SMILES string of the molecule is Cc1cc(CC(=O)C2CCC2)ccc1Cl. The summed E-state index contributed by atoms with van der Waals surface area (Å²) in [6, 6.07) is 5.84. The van der Waals surface area contributed by atoms with Crippen molar-refractivity contribution >= 4 is 17.4 Å². The maximum atomic E-state index is 11.8. The molecule has 0 bridgehead atoms. The van der Waals surface area contributed by atoms with Gasteiger partial charge in [0.25, 0.3) is 0 Å².